The van der Waals surface area contributed by atoms with Gasteiger partial charge in [0.05, 0.1) is 18.7 Å². The van der Waals surface area contributed by atoms with Crippen molar-refractivity contribution in [2.75, 3.05) is 18.5 Å². The first-order valence-electron chi connectivity index (χ1n) is 8.33. The van der Waals surface area contributed by atoms with Gasteiger partial charge in [-0.05, 0) is 45.1 Å². The summed E-state index contributed by atoms with van der Waals surface area (Å²) in [6, 6.07) is 2.51. The molecule has 1 aromatic rings. The van der Waals surface area contributed by atoms with Crippen molar-refractivity contribution in [3.8, 4) is 0 Å². The minimum Gasteiger partial charge on any atom is -0.462 e. The van der Waals surface area contributed by atoms with E-state index >= 15 is 0 Å². The van der Waals surface area contributed by atoms with Crippen molar-refractivity contribution < 1.29 is 14.3 Å². The van der Waals surface area contributed by atoms with Crippen LogP contribution in [-0.4, -0.2) is 42.0 Å². The van der Waals surface area contributed by atoms with Gasteiger partial charge in [-0.2, -0.15) is 0 Å². The van der Waals surface area contributed by atoms with Crippen LogP contribution in [-0.2, 0) is 9.53 Å². The van der Waals surface area contributed by atoms with Crippen molar-refractivity contribution in [2.24, 2.45) is 0 Å². The van der Waals surface area contributed by atoms with Gasteiger partial charge in [-0.25, -0.2) is 4.79 Å². The highest BCUT2D eigenvalue weighted by Gasteiger charge is 2.27. The lowest BCUT2D eigenvalue weighted by Crippen LogP contribution is -2.43. The molecule has 0 atom stereocenters. The fraction of sp³-hybridized carbons (Fsp3) is 0.647. The molecular formula is C17H26N2O3S. The van der Waals surface area contributed by atoms with Gasteiger partial charge in [-0.3, -0.25) is 9.69 Å². The number of ether oxygens (including phenoxy) is 1. The summed E-state index contributed by atoms with van der Waals surface area (Å²) in [7, 11) is 0. The van der Waals surface area contributed by atoms with Crippen LogP contribution in [0, 0.1) is 0 Å². The van der Waals surface area contributed by atoms with Gasteiger partial charge in [0.25, 0.3) is 0 Å². The number of hydrogen-bond donors (Lipinski definition) is 1. The number of amides is 1. The molecule has 0 spiro atoms. The number of nitrogens with zero attached hydrogens (tertiary/aromatic N) is 1. The van der Waals surface area contributed by atoms with Crippen LogP contribution in [0.1, 0.15) is 56.8 Å². The van der Waals surface area contributed by atoms with E-state index in [2.05, 4.69) is 24.1 Å². The third-order valence-corrected chi connectivity index (χ3v) is 5.03. The lowest BCUT2D eigenvalue weighted by Gasteiger charge is -2.31. The number of rotatable bonds is 7. The largest absolute Gasteiger partial charge is 0.462 e. The molecule has 1 saturated carbocycles. The second kappa shape index (κ2) is 8.45. The molecule has 1 fully saturated rings. The minimum atomic E-state index is -0.388. The van der Waals surface area contributed by atoms with Crippen molar-refractivity contribution in [3.05, 3.63) is 17.0 Å². The van der Waals surface area contributed by atoms with Crippen molar-refractivity contribution in [3.63, 3.8) is 0 Å². The summed E-state index contributed by atoms with van der Waals surface area (Å²) in [6.45, 7) is 6.71. The molecule has 1 amide bonds. The lowest BCUT2D eigenvalue weighted by atomic mass is 10.1. The number of thiophene rings is 1. The Morgan fingerprint density at radius 3 is 2.70 bits per heavy atom. The standard InChI is InChI=1S/C17H26N2O3S/c1-4-22-17(21)14-9-10-23-16(14)18-15(20)11-19(12(2)3)13-7-5-6-8-13/h9-10,12-13H,4-8,11H2,1-3H3,(H,18,20). The molecule has 1 N–H and O–H groups in total. The molecule has 0 saturated heterocycles. The van der Waals surface area contributed by atoms with Crippen LogP contribution in [0.5, 0.6) is 0 Å². The van der Waals surface area contributed by atoms with Crippen LogP contribution < -0.4 is 5.32 Å². The molecule has 0 unspecified atom stereocenters. The van der Waals surface area contributed by atoms with Crippen LogP contribution >= 0.6 is 11.3 Å². The Labute approximate surface area is 142 Å². The maximum atomic E-state index is 12.4. The number of anilines is 1. The van der Waals surface area contributed by atoms with Crippen LogP contribution in [0.2, 0.25) is 0 Å². The van der Waals surface area contributed by atoms with Gasteiger partial charge >= 0.3 is 5.97 Å². The quantitative estimate of drug-likeness (QED) is 0.773. The Morgan fingerprint density at radius 1 is 1.39 bits per heavy atom. The average Bonchev–Trinajstić information content (AvgIpc) is 3.16. The number of carbonyl (C=O) groups is 2. The van der Waals surface area contributed by atoms with Gasteiger partial charge in [-0.1, -0.05) is 12.8 Å². The molecule has 1 heterocycles. The van der Waals surface area contributed by atoms with E-state index in [1.54, 1.807) is 18.4 Å². The van der Waals surface area contributed by atoms with Crippen LogP contribution in [0.3, 0.4) is 0 Å². The van der Waals surface area contributed by atoms with E-state index in [0.717, 1.165) is 0 Å². The van der Waals surface area contributed by atoms with Gasteiger partial charge < -0.3 is 10.1 Å². The van der Waals surface area contributed by atoms with Gasteiger partial charge in [0, 0.05) is 12.1 Å². The predicted molar refractivity (Wildman–Crippen MR) is 93.0 cm³/mol. The summed E-state index contributed by atoms with van der Waals surface area (Å²) in [5.41, 5.74) is 0.433. The average molecular weight is 338 g/mol. The highest BCUT2D eigenvalue weighted by molar-refractivity contribution is 7.14. The van der Waals surface area contributed by atoms with Crippen LogP contribution in [0.4, 0.5) is 5.00 Å². The molecule has 0 bridgehead atoms. The van der Waals surface area contributed by atoms with E-state index in [-0.39, 0.29) is 11.9 Å². The lowest BCUT2D eigenvalue weighted by molar-refractivity contribution is -0.118. The maximum absolute atomic E-state index is 12.4. The first-order chi connectivity index (χ1) is 11.0. The molecule has 128 valence electrons. The summed E-state index contributed by atoms with van der Waals surface area (Å²) in [5.74, 6) is -0.459. The molecule has 6 heteroatoms. The number of hydrogen-bond acceptors (Lipinski definition) is 5. The second-order valence-electron chi connectivity index (χ2n) is 6.14. The summed E-state index contributed by atoms with van der Waals surface area (Å²) in [6.07, 6.45) is 4.82. The van der Waals surface area contributed by atoms with E-state index < -0.39 is 0 Å². The summed E-state index contributed by atoms with van der Waals surface area (Å²) in [5, 5.41) is 5.24. The van der Waals surface area contributed by atoms with Crippen LogP contribution in [0.25, 0.3) is 0 Å². The SMILES string of the molecule is CCOC(=O)c1ccsc1NC(=O)CN(C(C)C)C1CCCC1. The van der Waals surface area contributed by atoms with E-state index in [1.807, 2.05) is 0 Å². The molecule has 5 nitrogen and oxygen atoms in total. The van der Waals surface area contributed by atoms with Gasteiger partial charge in [0.1, 0.15) is 5.00 Å². The highest BCUT2D eigenvalue weighted by atomic mass is 32.1. The zero-order valence-corrected chi connectivity index (χ0v) is 14.9. The van der Waals surface area contributed by atoms with Crippen molar-refractivity contribution in [2.45, 2.75) is 58.5 Å². The smallest absolute Gasteiger partial charge is 0.341 e. The second-order valence-corrected chi connectivity index (χ2v) is 7.05. The normalized spacial score (nSPS) is 15.3. The number of carbonyl (C=O) groups excluding carboxylic acids is 2. The maximum Gasteiger partial charge on any atom is 0.341 e. The Kier molecular flexibility index (Phi) is 6.59. The van der Waals surface area contributed by atoms with E-state index in [1.165, 1.54) is 37.0 Å². The Hall–Kier alpha value is -1.40. The van der Waals surface area contributed by atoms with Crippen molar-refractivity contribution in [1.82, 2.24) is 4.90 Å². The minimum absolute atomic E-state index is 0.0707. The molecule has 23 heavy (non-hydrogen) atoms. The topological polar surface area (TPSA) is 58.6 Å². The number of nitrogens with one attached hydrogen (secondary N) is 1. The van der Waals surface area contributed by atoms with E-state index in [9.17, 15) is 9.59 Å². The summed E-state index contributed by atoms with van der Waals surface area (Å²) in [4.78, 5) is 26.6. The molecule has 0 radical (unpaired) electrons. The third kappa shape index (κ3) is 4.78. The zero-order valence-electron chi connectivity index (χ0n) is 14.1. The molecule has 0 aromatic carbocycles. The first-order valence-corrected chi connectivity index (χ1v) is 9.21. The molecular weight excluding hydrogens is 312 g/mol. The Morgan fingerprint density at radius 2 is 2.09 bits per heavy atom. The highest BCUT2D eigenvalue weighted by Crippen LogP contribution is 2.26. The number of esters is 1. The first kappa shape index (κ1) is 17.9. The molecule has 0 aliphatic heterocycles. The molecule has 2 rings (SSSR count). The molecule has 1 aliphatic carbocycles. The van der Waals surface area contributed by atoms with Gasteiger partial charge in [0.2, 0.25) is 5.91 Å². The monoisotopic (exact) mass is 338 g/mol. The Balaban J connectivity index is 1.98. The molecule has 1 aliphatic rings. The summed E-state index contributed by atoms with van der Waals surface area (Å²) >= 11 is 1.35. The van der Waals surface area contributed by atoms with Gasteiger partial charge in [0.15, 0.2) is 0 Å². The third-order valence-electron chi connectivity index (χ3n) is 4.20. The molecule has 1 aromatic heterocycles. The van der Waals surface area contributed by atoms with Crippen molar-refractivity contribution >= 4 is 28.2 Å². The Bertz CT molecular complexity index is 536. The predicted octanol–water partition coefficient (Wildman–Crippen LogP) is 3.52. The summed E-state index contributed by atoms with van der Waals surface area (Å²) < 4.78 is 5.02. The van der Waals surface area contributed by atoms with Crippen LogP contribution in [0.15, 0.2) is 11.4 Å². The fourth-order valence-corrected chi connectivity index (χ4v) is 3.87. The van der Waals surface area contributed by atoms with E-state index in [4.69, 9.17) is 4.74 Å². The zero-order chi connectivity index (χ0) is 16.8. The van der Waals surface area contributed by atoms with Gasteiger partial charge in [-0.15, -0.1) is 11.3 Å². The van der Waals surface area contributed by atoms with E-state index in [0.29, 0.717) is 35.8 Å². The fourth-order valence-electron chi connectivity index (χ4n) is 3.08. The van der Waals surface area contributed by atoms with Crippen molar-refractivity contribution in [1.29, 1.82) is 0 Å².